The maximum Gasteiger partial charge on any atom is 0.161 e. The number of benzene rings is 7. The molecule has 0 unspecified atom stereocenters. The van der Waals surface area contributed by atoms with Crippen LogP contribution in [0.1, 0.15) is 34.2 Å². The lowest BCUT2D eigenvalue weighted by molar-refractivity contribution is 0.669. The number of rotatable bonds is 6. The molecule has 0 bridgehead atoms. The van der Waals surface area contributed by atoms with E-state index in [4.69, 9.17) is 14.4 Å². The molecule has 0 N–H and O–H groups in total. The van der Waals surface area contributed by atoms with Crippen molar-refractivity contribution < 1.29 is 4.42 Å². The van der Waals surface area contributed by atoms with Crippen LogP contribution in [0.4, 0.5) is 0 Å². The molecule has 4 heteroatoms. The maximum atomic E-state index is 6.45. The second-order valence-electron chi connectivity index (χ2n) is 13.2. The van der Waals surface area contributed by atoms with Crippen LogP contribution in [0, 0.1) is 0 Å². The largest absolute Gasteiger partial charge is 0.456 e. The van der Waals surface area contributed by atoms with Crippen LogP contribution in [-0.2, 0) is 6.54 Å². The molecule has 252 valence electrons. The van der Waals surface area contributed by atoms with E-state index in [9.17, 15) is 0 Å². The number of allylic oxidation sites excluding steroid dienone is 2. The third-order valence-corrected chi connectivity index (χ3v) is 9.88. The minimum atomic E-state index is 0.482. The molecule has 1 aliphatic rings. The van der Waals surface area contributed by atoms with Gasteiger partial charge in [-0.15, -0.1) is 0 Å². The van der Waals surface area contributed by atoms with Crippen LogP contribution in [0.5, 0.6) is 0 Å². The van der Waals surface area contributed by atoms with E-state index in [1.165, 1.54) is 27.5 Å². The predicted octanol–water partition coefficient (Wildman–Crippen LogP) is 12.6. The van der Waals surface area contributed by atoms with Gasteiger partial charge in [0.15, 0.2) is 11.7 Å². The number of fused-ring (bicyclic) bond motifs is 5. The van der Waals surface area contributed by atoms with Crippen molar-refractivity contribution in [3.05, 3.63) is 192 Å². The first-order chi connectivity index (χ1) is 26.2. The summed E-state index contributed by atoms with van der Waals surface area (Å²) in [6, 6.07) is 52.7. The van der Waals surface area contributed by atoms with Gasteiger partial charge in [-0.1, -0.05) is 152 Å². The minimum absolute atomic E-state index is 0.482. The van der Waals surface area contributed by atoms with E-state index in [0.717, 1.165) is 61.7 Å². The molecule has 0 fully saturated rings. The SMILES string of the molecule is C=N/C(=N\C(=N/Cc1ccccc1)c1ccc2c(c1)C=CCC=C2)c1cccc2oc3ccc(-c4ccc(-c5ccccc5)c5ccccc45)cc3c12. The van der Waals surface area contributed by atoms with E-state index < -0.39 is 0 Å². The third-order valence-electron chi connectivity index (χ3n) is 9.88. The zero-order valence-corrected chi connectivity index (χ0v) is 29.1. The van der Waals surface area contributed by atoms with E-state index in [-0.39, 0.29) is 0 Å². The summed E-state index contributed by atoms with van der Waals surface area (Å²) in [6.45, 7) is 4.48. The summed E-state index contributed by atoms with van der Waals surface area (Å²) >= 11 is 0. The summed E-state index contributed by atoms with van der Waals surface area (Å²) in [7, 11) is 0. The Labute approximate surface area is 308 Å². The number of nitrogens with zero attached hydrogens (tertiary/aromatic N) is 3. The highest BCUT2D eigenvalue weighted by Gasteiger charge is 2.18. The van der Waals surface area contributed by atoms with Crippen LogP contribution >= 0.6 is 0 Å². The Bertz CT molecular complexity index is 2790. The fraction of sp³-hybridized carbons (Fsp3) is 0.0408. The molecule has 53 heavy (non-hydrogen) atoms. The molecule has 0 saturated carbocycles. The molecule has 8 aromatic rings. The summed E-state index contributed by atoms with van der Waals surface area (Å²) < 4.78 is 6.45. The molecular formula is C49H35N3O. The molecule has 7 aromatic carbocycles. The van der Waals surface area contributed by atoms with Crippen molar-refractivity contribution in [1.29, 1.82) is 0 Å². The number of hydrogen-bond donors (Lipinski definition) is 0. The zero-order chi connectivity index (χ0) is 35.6. The summed E-state index contributed by atoms with van der Waals surface area (Å²) in [5.41, 5.74) is 11.4. The van der Waals surface area contributed by atoms with Crippen LogP contribution < -0.4 is 0 Å². The summed E-state index contributed by atoms with van der Waals surface area (Å²) in [5, 5.41) is 4.34. The number of hydrogen-bond acceptors (Lipinski definition) is 2. The monoisotopic (exact) mass is 681 g/mol. The Morgan fingerprint density at radius 3 is 2.06 bits per heavy atom. The lowest BCUT2D eigenvalue weighted by atomic mass is 9.91. The summed E-state index contributed by atoms with van der Waals surface area (Å²) in [6.07, 6.45) is 9.58. The van der Waals surface area contributed by atoms with Crippen LogP contribution in [0.25, 0.3) is 67.1 Å². The van der Waals surface area contributed by atoms with E-state index in [2.05, 4.69) is 151 Å². The average molecular weight is 682 g/mol. The highest BCUT2D eigenvalue weighted by molar-refractivity contribution is 6.22. The zero-order valence-electron chi connectivity index (χ0n) is 29.1. The van der Waals surface area contributed by atoms with Crippen molar-refractivity contribution in [1.82, 2.24) is 0 Å². The molecule has 0 radical (unpaired) electrons. The molecule has 0 saturated heterocycles. The van der Waals surface area contributed by atoms with Crippen molar-refractivity contribution in [3.63, 3.8) is 0 Å². The molecule has 9 rings (SSSR count). The van der Waals surface area contributed by atoms with Gasteiger partial charge in [0.25, 0.3) is 0 Å². The fourth-order valence-electron chi connectivity index (χ4n) is 7.30. The van der Waals surface area contributed by atoms with E-state index in [1.807, 2.05) is 36.4 Å². The van der Waals surface area contributed by atoms with Crippen molar-refractivity contribution in [3.8, 4) is 22.3 Å². The van der Waals surface area contributed by atoms with Gasteiger partial charge in [-0.05, 0) is 87.1 Å². The van der Waals surface area contributed by atoms with Gasteiger partial charge in [0.2, 0.25) is 0 Å². The topological polar surface area (TPSA) is 50.2 Å². The van der Waals surface area contributed by atoms with Crippen LogP contribution in [0.2, 0.25) is 0 Å². The number of amidine groups is 2. The predicted molar refractivity (Wildman–Crippen MR) is 224 cm³/mol. The van der Waals surface area contributed by atoms with Crippen LogP contribution in [0.15, 0.2) is 183 Å². The third kappa shape index (κ3) is 6.21. The normalized spacial score (nSPS) is 13.1. The van der Waals surface area contributed by atoms with Gasteiger partial charge in [-0.3, -0.25) is 4.99 Å². The molecule has 0 aliphatic heterocycles. The molecule has 0 atom stereocenters. The summed E-state index contributed by atoms with van der Waals surface area (Å²) in [5.74, 6) is 1.08. The lowest BCUT2D eigenvalue weighted by Gasteiger charge is -2.12. The molecule has 1 aliphatic carbocycles. The first-order valence-electron chi connectivity index (χ1n) is 17.9. The van der Waals surface area contributed by atoms with Crippen molar-refractivity contribution in [2.24, 2.45) is 15.0 Å². The highest BCUT2D eigenvalue weighted by Crippen LogP contribution is 2.39. The summed E-state index contributed by atoms with van der Waals surface area (Å²) in [4.78, 5) is 14.8. The molecular weight excluding hydrogens is 647 g/mol. The average Bonchev–Trinajstić information content (AvgIpc) is 3.43. The Kier molecular flexibility index (Phi) is 8.47. The minimum Gasteiger partial charge on any atom is -0.456 e. The Hall–Kier alpha value is -6.91. The molecule has 0 amide bonds. The fourth-order valence-corrected chi connectivity index (χ4v) is 7.30. The Balaban J connectivity index is 1.19. The molecule has 1 heterocycles. The van der Waals surface area contributed by atoms with Crippen LogP contribution in [0.3, 0.4) is 0 Å². The molecule has 4 nitrogen and oxygen atoms in total. The maximum absolute atomic E-state index is 6.45. The Morgan fingerprint density at radius 1 is 0.566 bits per heavy atom. The van der Waals surface area contributed by atoms with Crippen LogP contribution in [-0.4, -0.2) is 18.4 Å². The van der Waals surface area contributed by atoms with E-state index in [0.29, 0.717) is 18.2 Å². The highest BCUT2D eigenvalue weighted by atomic mass is 16.3. The van der Waals surface area contributed by atoms with Crippen molar-refractivity contribution >= 4 is 63.3 Å². The van der Waals surface area contributed by atoms with Gasteiger partial charge < -0.3 is 4.42 Å². The molecule has 0 spiro atoms. The number of aliphatic imine (C=N–C) groups is 3. The van der Waals surface area contributed by atoms with Gasteiger partial charge in [-0.2, -0.15) is 0 Å². The second-order valence-corrected chi connectivity index (χ2v) is 13.2. The van der Waals surface area contributed by atoms with E-state index in [1.54, 1.807) is 0 Å². The first kappa shape index (κ1) is 32.0. The quantitative estimate of drug-likeness (QED) is 0.127. The Morgan fingerprint density at radius 2 is 1.28 bits per heavy atom. The second kappa shape index (κ2) is 14.0. The van der Waals surface area contributed by atoms with Gasteiger partial charge in [-0.25, -0.2) is 9.98 Å². The van der Waals surface area contributed by atoms with Gasteiger partial charge in [0.05, 0.1) is 6.54 Å². The smallest absolute Gasteiger partial charge is 0.161 e. The van der Waals surface area contributed by atoms with Crippen molar-refractivity contribution in [2.45, 2.75) is 13.0 Å². The van der Waals surface area contributed by atoms with Gasteiger partial charge in [0.1, 0.15) is 11.2 Å². The number of furan rings is 1. The van der Waals surface area contributed by atoms with Gasteiger partial charge in [0, 0.05) is 21.9 Å². The van der Waals surface area contributed by atoms with Gasteiger partial charge >= 0.3 is 0 Å². The van der Waals surface area contributed by atoms with Crippen molar-refractivity contribution in [2.75, 3.05) is 0 Å². The first-order valence-corrected chi connectivity index (χ1v) is 17.9. The standard InChI is InChI=1S/C49H35N3O/c1-50-49(52-48(51-32-33-14-5-2-6-15-33)38-25-24-34-16-7-3-10-19-36(34)30-38)43-22-13-23-46-47(43)44-31-37(26-29-45(44)53-46)40-28-27-39(35-17-8-4-9-18-35)41-20-11-12-21-42(40)41/h2,4-31H,1,3,32H2/b51-48-,52-49-. The lowest BCUT2D eigenvalue weighted by Crippen LogP contribution is -2.06. The van der Waals surface area contributed by atoms with E-state index >= 15 is 0 Å². The molecule has 1 aromatic heterocycles.